The average Bonchev–Trinajstić information content (AvgIpc) is 1.89. The molecule has 0 atom stereocenters. The summed E-state index contributed by atoms with van der Waals surface area (Å²) in [4.78, 5) is 19.6. The summed E-state index contributed by atoms with van der Waals surface area (Å²) in [6, 6.07) is 0. The molecule has 0 saturated carbocycles. The minimum atomic E-state index is 0. The lowest BCUT2D eigenvalue weighted by Crippen LogP contribution is -1.80. The summed E-state index contributed by atoms with van der Waals surface area (Å²) in [5.74, 6) is 0.509. The minimum absolute atomic E-state index is 0. The van der Waals surface area contributed by atoms with Gasteiger partial charge in [-0.15, -0.1) is 0 Å². The van der Waals surface area contributed by atoms with E-state index >= 15 is 0 Å². The number of hydrogen-bond donors (Lipinski definition) is 0. The van der Waals surface area contributed by atoms with Gasteiger partial charge in [0.25, 0.3) is 0 Å². The van der Waals surface area contributed by atoms with E-state index < -0.39 is 0 Å². The van der Waals surface area contributed by atoms with Crippen molar-refractivity contribution in [2.75, 3.05) is 0 Å². The third-order valence-electron chi connectivity index (χ3n) is 0.996. The summed E-state index contributed by atoms with van der Waals surface area (Å²) in [5, 5.41) is 0. The van der Waals surface area contributed by atoms with Gasteiger partial charge < -0.3 is 9.59 Å². The molecule has 0 fully saturated rings. The van der Waals surface area contributed by atoms with Gasteiger partial charge in [-0.05, 0) is 13.8 Å². The van der Waals surface area contributed by atoms with E-state index in [4.69, 9.17) is 0 Å². The van der Waals surface area contributed by atoms with Crippen molar-refractivity contribution in [1.29, 1.82) is 0 Å². The van der Waals surface area contributed by atoms with Crippen LogP contribution in [0.2, 0.25) is 0 Å². The number of hydrogen-bond acceptors (Lipinski definition) is 2. The largest absolute Gasteiger partial charge is 0.300 e. The zero-order chi connectivity index (χ0) is 8.57. The molecule has 2 heteroatoms. The van der Waals surface area contributed by atoms with Crippen molar-refractivity contribution in [1.82, 2.24) is 0 Å². The van der Waals surface area contributed by atoms with Crippen molar-refractivity contribution in [2.24, 2.45) is 0 Å². The predicted octanol–water partition coefficient (Wildman–Crippen LogP) is 2.61. The predicted molar refractivity (Wildman–Crippen MR) is 48.7 cm³/mol. The smallest absolute Gasteiger partial charge is 0.129 e. The molecular weight excluding hydrogens is 140 g/mol. The summed E-state index contributed by atoms with van der Waals surface area (Å²) in [6.07, 6.45) is 1.33. The fourth-order valence-electron chi connectivity index (χ4n) is 0. The second kappa shape index (κ2) is 12.1. The van der Waals surface area contributed by atoms with Gasteiger partial charge in [-0.3, -0.25) is 0 Å². The quantitative estimate of drug-likeness (QED) is 0.622. The standard InChI is InChI=1S/2C4H8O.CH4/c2*1-3-4(2)5;/h2*3H2,1-2H3;1H4. The van der Waals surface area contributed by atoms with Gasteiger partial charge in [0.2, 0.25) is 0 Å². The molecule has 0 unspecified atom stereocenters. The van der Waals surface area contributed by atoms with Crippen molar-refractivity contribution in [3.8, 4) is 0 Å². The van der Waals surface area contributed by atoms with Gasteiger partial charge in [0, 0.05) is 12.8 Å². The van der Waals surface area contributed by atoms with Crippen molar-refractivity contribution < 1.29 is 9.59 Å². The Kier molecular flexibility index (Phi) is 18.4. The van der Waals surface area contributed by atoms with E-state index in [9.17, 15) is 9.59 Å². The van der Waals surface area contributed by atoms with Gasteiger partial charge in [0.15, 0.2) is 0 Å². The fourth-order valence-corrected chi connectivity index (χ4v) is 0. The van der Waals surface area contributed by atoms with Crippen LogP contribution in [0.5, 0.6) is 0 Å². The van der Waals surface area contributed by atoms with Crippen molar-refractivity contribution in [3.63, 3.8) is 0 Å². The van der Waals surface area contributed by atoms with E-state index in [1.54, 1.807) is 13.8 Å². The zero-order valence-corrected chi connectivity index (χ0v) is 7.23. The number of ketones is 2. The summed E-state index contributed by atoms with van der Waals surface area (Å²) in [7, 11) is 0. The van der Waals surface area contributed by atoms with E-state index in [0.29, 0.717) is 12.8 Å². The molecule has 0 bridgehead atoms. The molecule has 2 nitrogen and oxygen atoms in total. The lowest BCUT2D eigenvalue weighted by Gasteiger charge is -1.71. The molecule has 0 aliphatic heterocycles. The van der Waals surface area contributed by atoms with Crippen molar-refractivity contribution in [3.05, 3.63) is 0 Å². The normalized spacial score (nSPS) is 6.91. The van der Waals surface area contributed by atoms with Crippen LogP contribution in [0, 0.1) is 0 Å². The SMILES string of the molecule is C.CCC(C)=O.CCC(C)=O. The van der Waals surface area contributed by atoms with Crippen LogP contribution in [-0.4, -0.2) is 11.6 Å². The first-order valence-corrected chi connectivity index (χ1v) is 3.53. The Labute approximate surface area is 70.0 Å². The second-order valence-electron chi connectivity index (χ2n) is 2.11. The van der Waals surface area contributed by atoms with E-state index in [2.05, 4.69) is 0 Å². The maximum atomic E-state index is 9.81. The third-order valence-corrected chi connectivity index (χ3v) is 0.996. The van der Waals surface area contributed by atoms with Crippen molar-refractivity contribution in [2.45, 2.75) is 48.0 Å². The van der Waals surface area contributed by atoms with Crippen LogP contribution < -0.4 is 0 Å². The molecule has 0 aromatic heterocycles. The lowest BCUT2D eigenvalue weighted by molar-refractivity contribution is -0.117. The highest BCUT2D eigenvalue weighted by Gasteiger charge is 1.77. The monoisotopic (exact) mass is 160 g/mol. The number of Topliss-reactive ketones (excluding diaryl/α,β-unsaturated/α-hetero) is 2. The van der Waals surface area contributed by atoms with Gasteiger partial charge in [-0.2, -0.15) is 0 Å². The number of rotatable bonds is 2. The molecule has 0 aromatic rings. The molecule has 0 aromatic carbocycles. The molecule has 0 amide bonds. The Morgan fingerprint density at radius 1 is 0.909 bits per heavy atom. The van der Waals surface area contributed by atoms with Gasteiger partial charge in [-0.1, -0.05) is 21.3 Å². The Morgan fingerprint density at radius 2 is 1.00 bits per heavy atom. The first kappa shape index (κ1) is 16.7. The summed E-state index contributed by atoms with van der Waals surface area (Å²) in [6.45, 7) is 6.87. The van der Waals surface area contributed by atoms with Crippen LogP contribution in [-0.2, 0) is 9.59 Å². The van der Waals surface area contributed by atoms with Crippen LogP contribution in [0.15, 0.2) is 0 Å². The second-order valence-corrected chi connectivity index (χ2v) is 2.11. The highest BCUT2D eigenvalue weighted by atomic mass is 16.1. The Hall–Kier alpha value is -0.660. The molecule has 68 valence electrons. The Balaban J connectivity index is -0.000000107. The molecule has 0 aliphatic carbocycles. The van der Waals surface area contributed by atoms with Crippen LogP contribution in [0.4, 0.5) is 0 Å². The molecule has 0 saturated heterocycles. The lowest BCUT2D eigenvalue weighted by atomic mass is 10.4. The van der Waals surface area contributed by atoms with Gasteiger partial charge in [0.05, 0.1) is 0 Å². The Morgan fingerprint density at radius 3 is 1.00 bits per heavy atom. The molecular formula is C9H20O2. The van der Waals surface area contributed by atoms with Crippen LogP contribution in [0.3, 0.4) is 0 Å². The maximum Gasteiger partial charge on any atom is 0.129 e. The molecule has 11 heavy (non-hydrogen) atoms. The summed E-state index contributed by atoms with van der Waals surface area (Å²) in [5.41, 5.74) is 0. The van der Waals surface area contributed by atoms with E-state index in [1.165, 1.54) is 0 Å². The highest BCUT2D eigenvalue weighted by Crippen LogP contribution is 1.72. The molecule has 0 spiro atoms. The third kappa shape index (κ3) is 45.1. The maximum absolute atomic E-state index is 9.81. The first-order valence-electron chi connectivity index (χ1n) is 3.53. The van der Waals surface area contributed by atoms with Crippen LogP contribution in [0.25, 0.3) is 0 Å². The Bertz CT molecular complexity index is 92.1. The molecule has 0 rings (SSSR count). The first-order chi connectivity index (χ1) is 4.54. The van der Waals surface area contributed by atoms with Crippen LogP contribution >= 0.6 is 0 Å². The van der Waals surface area contributed by atoms with Crippen LogP contribution in [0.1, 0.15) is 48.0 Å². The topological polar surface area (TPSA) is 34.1 Å². The number of carbonyl (C=O) groups excluding carboxylic acids is 2. The summed E-state index contributed by atoms with van der Waals surface area (Å²) < 4.78 is 0. The fraction of sp³-hybridized carbons (Fsp3) is 0.778. The molecule has 0 N–H and O–H groups in total. The number of carbonyl (C=O) groups is 2. The molecule has 0 radical (unpaired) electrons. The summed E-state index contributed by atoms with van der Waals surface area (Å²) >= 11 is 0. The average molecular weight is 160 g/mol. The van der Waals surface area contributed by atoms with Gasteiger partial charge >= 0.3 is 0 Å². The van der Waals surface area contributed by atoms with Crippen molar-refractivity contribution >= 4 is 11.6 Å². The molecule has 0 heterocycles. The minimum Gasteiger partial charge on any atom is -0.300 e. The van der Waals surface area contributed by atoms with E-state index in [-0.39, 0.29) is 19.0 Å². The highest BCUT2D eigenvalue weighted by molar-refractivity contribution is 5.75. The van der Waals surface area contributed by atoms with E-state index in [0.717, 1.165) is 0 Å². The van der Waals surface area contributed by atoms with Gasteiger partial charge in [0.1, 0.15) is 11.6 Å². The van der Waals surface area contributed by atoms with Gasteiger partial charge in [-0.25, -0.2) is 0 Å². The zero-order valence-electron chi connectivity index (χ0n) is 7.23. The van der Waals surface area contributed by atoms with E-state index in [1.807, 2.05) is 13.8 Å². The molecule has 0 aliphatic rings.